The van der Waals surface area contributed by atoms with E-state index >= 15 is 0 Å². The Labute approximate surface area is 119 Å². The Hall–Kier alpha value is -1.04. The Balaban J connectivity index is 1.92. The molecule has 5 heteroatoms. The highest BCUT2D eigenvalue weighted by molar-refractivity contribution is 5.08. The molecule has 0 aliphatic carbocycles. The van der Waals surface area contributed by atoms with Crippen molar-refractivity contribution in [2.24, 2.45) is 5.92 Å². The number of rotatable bonds is 4. The summed E-state index contributed by atoms with van der Waals surface area (Å²) in [5, 5.41) is 10.3. The van der Waals surface area contributed by atoms with Gasteiger partial charge in [-0.15, -0.1) is 0 Å². The zero-order valence-corrected chi connectivity index (χ0v) is 12.1. The molecule has 2 heterocycles. The quantitative estimate of drug-likeness (QED) is 0.917. The van der Waals surface area contributed by atoms with E-state index in [1.807, 2.05) is 6.92 Å². The normalized spacial score (nSPS) is 24.1. The standard InChI is InChI=1S/C15H23FN2O2/c1-11(9-18-6-3-7-20-12(2)10-18)15(19)14-5-4-13(16)8-17-14/h4-5,8,11-12,15,19H,3,6-7,9-10H2,1-2H3. The van der Waals surface area contributed by atoms with Crippen LogP contribution in [0.2, 0.25) is 0 Å². The van der Waals surface area contributed by atoms with E-state index in [1.54, 1.807) is 6.07 Å². The Morgan fingerprint density at radius 1 is 1.55 bits per heavy atom. The van der Waals surface area contributed by atoms with Gasteiger partial charge in [0.05, 0.1) is 24.1 Å². The van der Waals surface area contributed by atoms with Crippen LogP contribution in [0.25, 0.3) is 0 Å². The van der Waals surface area contributed by atoms with Crippen molar-refractivity contribution in [2.75, 3.05) is 26.2 Å². The molecular weight excluding hydrogens is 259 g/mol. The number of hydrogen-bond acceptors (Lipinski definition) is 4. The van der Waals surface area contributed by atoms with Gasteiger partial charge in [0.2, 0.25) is 0 Å². The topological polar surface area (TPSA) is 45.6 Å². The molecule has 4 nitrogen and oxygen atoms in total. The first-order valence-corrected chi connectivity index (χ1v) is 7.19. The molecule has 1 saturated heterocycles. The van der Waals surface area contributed by atoms with Crippen LogP contribution in [0.3, 0.4) is 0 Å². The number of nitrogens with zero attached hydrogens (tertiary/aromatic N) is 2. The van der Waals surface area contributed by atoms with Gasteiger partial charge in [0.15, 0.2) is 0 Å². The summed E-state index contributed by atoms with van der Waals surface area (Å²) in [5.74, 6) is -0.342. The zero-order chi connectivity index (χ0) is 14.5. The minimum Gasteiger partial charge on any atom is -0.386 e. The van der Waals surface area contributed by atoms with E-state index in [9.17, 15) is 9.50 Å². The smallest absolute Gasteiger partial charge is 0.141 e. The average Bonchev–Trinajstić information content (AvgIpc) is 2.63. The Bertz CT molecular complexity index is 413. The summed E-state index contributed by atoms with van der Waals surface area (Å²) in [6.07, 6.45) is 1.72. The third-order valence-corrected chi connectivity index (χ3v) is 3.67. The maximum Gasteiger partial charge on any atom is 0.141 e. The first-order chi connectivity index (χ1) is 9.56. The van der Waals surface area contributed by atoms with Crippen LogP contribution in [0.1, 0.15) is 32.1 Å². The number of aromatic nitrogens is 1. The molecule has 112 valence electrons. The van der Waals surface area contributed by atoms with Crippen molar-refractivity contribution in [1.82, 2.24) is 9.88 Å². The highest BCUT2D eigenvalue weighted by atomic mass is 19.1. The van der Waals surface area contributed by atoms with Crippen molar-refractivity contribution < 1.29 is 14.2 Å². The number of halogens is 1. The number of hydrogen-bond donors (Lipinski definition) is 1. The van der Waals surface area contributed by atoms with Crippen LogP contribution in [-0.2, 0) is 4.74 Å². The first kappa shape index (κ1) is 15.4. The van der Waals surface area contributed by atoms with Crippen LogP contribution >= 0.6 is 0 Å². The molecule has 3 unspecified atom stereocenters. The molecule has 1 aliphatic heterocycles. The summed E-state index contributed by atoms with van der Waals surface area (Å²) in [6, 6.07) is 2.88. The van der Waals surface area contributed by atoms with Gasteiger partial charge in [0.1, 0.15) is 5.82 Å². The fourth-order valence-corrected chi connectivity index (χ4v) is 2.61. The number of ether oxygens (including phenoxy) is 1. The molecule has 1 N–H and O–H groups in total. The van der Waals surface area contributed by atoms with Gasteiger partial charge in [-0.1, -0.05) is 6.92 Å². The van der Waals surface area contributed by atoms with Gasteiger partial charge in [-0.05, 0) is 25.5 Å². The largest absolute Gasteiger partial charge is 0.386 e. The highest BCUT2D eigenvalue weighted by Gasteiger charge is 2.22. The number of aliphatic hydroxyl groups excluding tert-OH is 1. The second-order valence-electron chi connectivity index (χ2n) is 5.62. The van der Waals surface area contributed by atoms with Crippen molar-refractivity contribution >= 4 is 0 Å². The second kappa shape index (κ2) is 7.11. The predicted octanol–water partition coefficient (Wildman–Crippen LogP) is 2.00. The maximum atomic E-state index is 12.8. The van der Waals surface area contributed by atoms with Crippen LogP contribution in [0.5, 0.6) is 0 Å². The molecule has 1 fully saturated rings. The van der Waals surface area contributed by atoms with E-state index in [0.29, 0.717) is 5.69 Å². The van der Waals surface area contributed by atoms with Crippen molar-refractivity contribution in [2.45, 2.75) is 32.5 Å². The monoisotopic (exact) mass is 282 g/mol. The van der Waals surface area contributed by atoms with E-state index in [2.05, 4.69) is 16.8 Å². The molecule has 20 heavy (non-hydrogen) atoms. The molecule has 1 aromatic heterocycles. The Morgan fingerprint density at radius 2 is 2.35 bits per heavy atom. The van der Waals surface area contributed by atoms with Gasteiger partial charge in [0, 0.05) is 32.2 Å². The average molecular weight is 282 g/mol. The van der Waals surface area contributed by atoms with E-state index in [1.165, 1.54) is 6.07 Å². The molecule has 0 amide bonds. The summed E-state index contributed by atoms with van der Waals surface area (Å²) in [4.78, 5) is 6.27. The maximum absolute atomic E-state index is 12.8. The van der Waals surface area contributed by atoms with Crippen LogP contribution in [-0.4, -0.2) is 47.3 Å². The molecule has 0 aromatic carbocycles. The lowest BCUT2D eigenvalue weighted by molar-refractivity contribution is 0.0532. The first-order valence-electron chi connectivity index (χ1n) is 7.19. The SMILES string of the molecule is CC1CN(CC(C)C(O)c2ccc(F)cn2)CCCO1. The fraction of sp³-hybridized carbons (Fsp3) is 0.667. The summed E-state index contributed by atoms with van der Waals surface area (Å²) < 4.78 is 18.5. The third-order valence-electron chi connectivity index (χ3n) is 3.67. The lowest BCUT2D eigenvalue weighted by atomic mass is 10.0. The van der Waals surface area contributed by atoms with E-state index < -0.39 is 6.10 Å². The van der Waals surface area contributed by atoms with Crippen molar-refractivity contribution in [3.8, 4) is 0 Å². The minimum atomic E-state index is -0.671. The van der Waals surface area contributed by atoms with E-state index in [-0.39, 0.29) is 17.8 Å². The molecule has 0 spiro atoms. The molecule has 0 bridgehead atoms. The summed E-state index contributed by atoms with van der Waals surface area (Å²) >= 11 is 0. The lowest BCUT2D eigenvalue weighted by Gasteiger charge is -2.27. The Kier molecular flexibility index (Phi) is 5.46. The fourth-order valence-electron chi connectivity index (χ4n) is 2.61. The molecular formula is C15H23FN2O2. The van der Waals surface area contributed by atoms with Gasteiger partial charge in [0.25, 0.3) is 0 Å². The van der Waals surface area contributed by atoms with Crippen molar-refractivity contribution in [3.63, 3.8) is 0 Å². The summed E-state index contributed by atoms with van der Waals surface area (Å²) in [7, 11) is 0. The van der Waals surface area contributed by atoms with Crippen LogP contribution in [0, 0.1) is 11.7 Å². The second-order valence-corrected chi connectivity index (χ2v) is 5.62. The van der Waals surface area contributed by atoms with Crippen molar-refractivity contribution in [1.29, 1.82) is 0 Å². The number of pyridine rings is 1. The highest BCUT2D eigenvalue weighted by Crippen LogP contribution is 2.21. The lowest BCUT2D eigenvalue weighted by Crippen LogP contribution is -2.35. The van der Waals surface area contributed by atoms with Gasteiger partial charge in [-0.25, -0.2) is 4.39 Å². The van der Waals surface area contributed by atoms with Gasteiger partial charge in [-0.2, -0.15) is 0 Å². The van der Waals surface area contributed by atoms with Crippen LogP contribution in [0.15, 0.2) is 18.3 Å². The van der Waals surface area contributed by atoms with Crippen LogP contribution in [0.4, 0.5) is 4.39 Å². The predicted molar refractivity (Wildman–Crippen MR) is 74.8 cm³/mol. The number of aliphatic hydroxyl groups is 1. The van der Waals surface area contributed by atoms with Gasteiger partial charge in [-0.3, -0.25) is 4.98 Å². The summed E-state index contributed by atoms with van der Waals surface area (Å²) in [6.45, 7) is 7.52. The van der Waals surface area contributed by atoms with E-state index in [0.717, 1.165) is 38.9 Å². The molecule has 0 radical (unpaired) electrons. The summed E-state index contributed by atoms with van der Waals surface area (Å²) in [5.41, 5.74) is 0.526. The molecule has 1 aromatic rings. The van der Waals surface area contributed by atoms with E-state index in [4.69, 9.17) is 4.74 Å². The van der Waals surface area contributed by atoms with Gasteiger partial charge < -0.3 is 14.7 Å². The molecule has 0 saturated carbocycles. The molecule has 3 atom stereocenters. The van der Waals surface area contributed by atoms with Gasteiger partial charge >= 0.3 is 0 Å². The zero-order valence-electron chi connectivity index (χ0n) is 12.1. The molecule has 1 aliphatic rings. The third kappa shape index (κ3) is 4.23. The molecule has 2 rings (SSSR count). The Morgan fingerprint density at radius 3 is 3.05 bits per heavy atom. The van der Waals surface area contributed by atoms with Crippen molar-refractivity contribution in [3.05, 3.63) is 29.8 Å². The van der Waals surface area contributed by atoms with Crippen LogP contribution < -0.4 is 0 Å². The minimum absolute atomic E-state index is 0.0401.